The molecule has 0 saturated carbocycles. The van der Waals surface area contributed by atoms with Gasteiger partial charge < -0.3 is 14.7 Å². The molecule has 0 amide bonds. The average Bonchev–Trinajstić information content (AvgIpc) is 2.53. The molecule has 1 aliphatic rings. The normalized spacial score (nSPS) is 14.0. The van der Waals surface area contributed by atoms with Crippen LogP contribution in [-0.4, -0.2) is 36.6 Å². The van der Waals surface area contributed by atoms with Crippen LogP contribution in [0.15, 0.2) is 35.5 Å². The maximum absolute atomic E-state index is 9.00. The molecular weight excluding hydrogens is 306 g/mol. The smallest absolute Gasteiger partial charge is 0.300 e. The first-order valence-electron chi connectivity index (χ1n) is 7.48. The molecule has 24 heavy (non-hydrogen) atoms. The van der Waals surface area contributed by atoms with Gasteiger partial charge >= 0.3 is 0 Å². The van der Waals surface area contributed by atoms with Gasteiger partial charge in [-0.15, -0.1) is 0 Å². The summed E-state index contributed by atoms with van der Waals surface area (Å²) < 4.78 is 5.30. The van der Waals surface area contributed by atoms with Crippen LogP contribution in [0.3, 0.4) is 0 Å². The number of carboxylic acids is 1. The SMILES string of the molecule is CC(=O)O.CON=C1C=CCc2ccc(C#CC(C)(C)OC)cc21. The molecule has 0 radical (unpaired) electrons. The Labute approximate surface area is 143 Å². The van der Waals surface area contributed by atoms with E-state index in [2.05, 4.69) is 35.2 Å². The fraction of sp³-hybridized carbons (Fsp3) is 0.368. The van der Waals surface area contributed by atoms with Crippen molar-refractivity contribution in [1.29, 1.82) is 0 Å². The van der Waals surface area contributed by atoms with Gasteiger partial charge in [0.15, 0.2) is 0 Å². The maximum atomic E-state index is 9.00. The summed E-state index contributed by atoms with van der Waals surface area (Å²) in [5, 5.41) is 11.5. The molecule has 2 rings (SSSR count). The molecule has 1 aliphatic carbocycles. The summed E-state index contributed by atoms with van der Waals surface area (Å²) in [5.41, 5.74) is 3.66. The number of ether oxygens (including phenoxy) is 1. The van der Waals surface area contributed by atoms with Gasteiger partial charge in [-0.25, -0.2) is 0 Å². The highest BCUT2D eigenvalue weighted by molar-refractivity contribution is 6.10. The van der Waals surface area contributed by atoms with Crippen molar-refractivity contribution in [3.05, 3.63) is 47.0 Å². The monoisotopic (exact) mass is 329 g/mol. The zero-order valence-electron chi connectivity index (χ0n) is 14.7. The molecule has 1 aromatic carbocycles. The largest absolute Gasteiger partial charge is 0.481 e. The van der Waals surface area contributed by atoms with Crippen LogP contribution in [0.4, 0.5) is 0 Å². The van der Waals surface area contributed by atoms with Crippen LogP contribution < -0.4 is 0 Å². The fourth-order valence-electron chi connectivity index (χ4n) is 1.91. The number of hydrogen-bond acceptors (Lipinski definition) is 4. The number of aliphatic carboxylic acids is 1. The number of carboxylic acid groups (broad SMARTS) is 1. The van der Waals surface area contributed by atoms with Crippen LogP contribution in [0.25, 0.3) is 0 Å². The van der Waals surface area contributed by atoms with Crippen molar-refractivity contribution < 1.29 is 19.5 Å². The van der Waals surface area contributed by atoms with Gasteiger partial charge in [0.25, 0.3) is 5.97 Å². The third-order valence-electron chi connectivity index (χ3n) is 3.21. The maximum Gasteiger partial charge on any atom is 0.300 e. The Morgan fingerprint density at radius 1 is 1.33 bits per heavy atom. The third kappa shape index (κ3) is 6.27. The van der Waals surface area contributed by atoms with Crippen molar-refractivity contribution in [1.82, 2.24) is 0 Å². The summed E-state index contributed by atoms with van der Waals surface area (Å²) in [5.74, 6) is 5.44. The van der Waals surface area contributed by atoms with E-state index in [1.54, 1.807) is 14.2 Å². The minimum absolute atomic E-state index is 0.445. The molecule has 0 bridgehead atoms. The summed E-state index contributed by atoms with van der Waals surface area (Å²) in [7, 11) is 3.22. The van der Waals surface area contributed by atoms with Gasteiger partial charge in [0.2, 0.25) is 0 Å². The summed E-state index contributed by atoms with van der Waals surface area (Å²) in [6, 6.07) is 6.17. The second-order valence-electron chi connectivity index (χ2n) is 5.62. The number of nitrogens with zero attached hydrogens (tertiary/aromatic N) is 1. The first kappa shape index (κ1) is 19.5. The van der Waals surface area contributed by atoms with Crippen molar-refractivity contribution in [2.75, 3.05) is 14.2 Å². The summed E-state index contributed by atoms with van der Waals surface area (Å²) in [6.45, 7) is 4.97. The predicted octanol–water partition coefficient (Wildman–Crippen LogP) is 3.02. The minimum Gasteiger partial charge on any atom is -0.481 e. The Kier molecular flexibility index (Phi) is 7.22. The Bertz CT molecular complexity index is 702. The molecule has 0 atom stereocenters. The lowest BCUT2D eigenvalue weighted by atomic mass is 9.93. The number of benzene rings is 1. The molecule has 0 heterocycles. The molecular formula is C19H23NO4. The third-order valence-corrected chi connectivity index (χ3v) is 3.21. The zero-order chi connectivity index (χ0) is 18.2. The molecule has 1 aromatic rings. The molecule has 0 aliphatic heterocycles. The number of fused-ring (bicyclic) bond motifs is 1. The highest BCUT2D eigenvalue weighted by atomic mass is 16.6. The van der Waals surface area contributed by atoms with E-state index < -0.39 is 11.6 Å². The summed E-state index contributed by atoms with van der Waals surface area (Å²) >= 11 is 0. The lowest BCUT2D eigenvalue weighted by Gasteiger charge is -2.15. The van der Waals surface area contributed by atoms with E-state index in [1.807, 2.05) is 26.0 Å². The molecule has 128 valence electrons. The second-order valence-corrected chi connectivity index (χ2v) is 5.62. The van der Waals surface area contributed by atoms with Crippen LogP contribution in [-0.2, 0) is 20.8 Å². The Hall–Kier alpha value is -2.58. The van der Waals surface area contributed by atoms with E-state index in [0.29, 0.717) is 0 Å². The second kappa shape index (κ2) is 8.90. The number of allylic oxidation sites excluding steroid dienone is 2. The van der Waals surface area contributed by atoms with Crippen molar-refractivity contribution >= 4 is 11.7 Å². The first-order valence-corrected chi connectivity index (χ1v) is 7.48. The van der Waals surface area contributed by atoms with E-state index in [0.717, 1.165) is 30.2 Å². The molecule has 0 aromatic heterocycles. The summed E-state index contributed by atoms with van der Waals surface area (Å²) in [4.78, 5) is 13.9. The van der Waals surface area contributed by atoms with Crippen molar-refractivity contribution in [3.63, 3.8) is 0 Å². The van der Waals surface area contributed by atoms with Gasteiger partial charge in [-0.1, -0.05) is 29.1 Å². The van der Waals surface area contributed by atoms with Gasteiger partial charge in [-0.3, -0.25) is 4.79 Å². The van der Waals surface area contributed by atoms with E-state index in [-0.39, 0.29) is 0 Å². The molecule has 0 unspecified atom stereocenters. The van der Waals surface area contributed by atoms with Gasteiger partial charge in [-0.2, -0.15) is 0 Å². The lowest BCUT2D eigenvalue weighted by molar-refractivity contribution is -0.134. The number of rotatable bonds is 2. The van der Waals surface area contributed by atoms with Crippen molar-refractivity contribution in [3.8, 4) is 11.8 Å². The van der Waals surface area contributed by atoms with Crippen molar-refractivity contribution in [2.45, 2.75) is 32.8 Å². The number of carbonyl (C=O) groups is 1. The molecule has 5 heteroatoms. The van der Waals surface area contributed by atoms with E-state index in [4.69, 9.17) is 19.5 Å². The highest BCUT2D eigenvalue weighted by Crippen LogP contribution is 2.19. The minimum atomic E-state index is -0.833. The van der Waals surface area contributed by atoms with E-state index in [9.17, 15) is 0 Å². The van der Waals surface area contributed by atoms with Gasteiger partial charge in [0.1, 0.15) is 18.4 Å². The fourth-order valence-corrected chi connectivity index (χ4v) is 1.91. The molecule has 0 spiro atoms. The van der Waals surface area contributed by atoms with Gasteiger partial charge in [0, 0.05) is 25.2 Å². The standard InChI is InChI=1S/C17H19NO2.C2H4O2/c1-17(2,19-3)11-10-13-8-9-14-6-5-7-16(18-20-4)15(14)12-13;1-2(3)4/h5,7-9,12H,6H2,1-4H3;1H3,(H,3,4). The van der Waals surface area contributed by atoms with Crippen LogP contribution in [0.5, 0.6) is 0 Å². The molecule has 5 nitrogen and oxygen atoms in total. The Morgan fingerprint density at radius 2 is 2.00 bits per heavy atom. The van der Waals surface area contributed by atoms with Crippen LogP contribution >= 0.6 is 0 Å². The summed E-state index contributed by atoms with van der Waals surface area (Å²) in [6.07, 6.45) is 4.97. The zero-order valence-corrected chi connectivity index (χ0v) is 14.7. The van der Waals surface area contributed by atoms with Crippen LogP contribution in [0.2, 0.25) is 0 Å². The lowest BCUT2D eigenvalue weighted by Crippen LogP contribution is -2.19. The van der Waals surface area contributed by atoms with Crippen LogP contribution in [0, 0.1) is 11.8 Å². The topological polar surface area (TPSA) is 68.1 Å². The van der Waals surface area contributed by atoms with Gasteiger partial charge in [0.05, 0.1) is 0 Å². The number of oxime groups is 1. The van der Waals surface area contributed by atoms with E-state index >= 15 is 0 Å². The Balaban J connectivity index is 0.000000648. The average molecular weight is 329 g/mol. The molecule has 0 saturated heterocycles. The van der Waals surface area contributed by atoms with Gasteiger partial charge in [-0.05, 0) is 44.0 Å². The van der Waals surface area contributed by atoms with Crippen LogP contribution in [0.1, 0.15) is 37.5 Å². The highest BCUT2D eigenvalue weighted by Gasteiger charge is 2.13. The predicted molar refractivity (Wildman–Crippen MR) is 94.1 cm³/mol. The quantitative estimate of drug-likeness (QED) is 0.669. The Morgan fingerprint density at radius 3 is 2.58 bits per heavy atom. The molecule has 1 N–H and O–H groups in total. The number of hydrogen-bond donors (Lipinski definition) is 1. The number of methoxy groups -OCH3 is 1. The molecule has 0 fully saturated rings. The first-order chi connectivity index (χ1) is 11.3. The van der Waals surface area contributed by atoms with E-state index in [1.165, 1.54) is 5.56 Å². The van der Waals surface area contributed by atoms with Crippen molar-refractivity contribution in [2.24, 2.45) is 5.16 Å².